The smallest absolute Gasteiger partial charge is 0.259 e. The molecule has 0 aliphatic carbocycles. The lowest BCUT2D eigenvalue weighted by Gasteiger charge is -2.09. The van der Waals surface area contributed by atoms with Crippen LogP contribution in [0.25, 0.3) is 22.7 Å². The Morgan fingerprint density at radius 3 is 2.36 bits per heavy atom. The van der Waals surface area contributed by atoms with Gasteiger partial charge in [-0.25, -0.2) is 4.98 Å². The van der Waals surface area contributed by atoms with Crippen LogP contribution in [0.2, 0.25) is 0 Å². The number of amides is 1. The van der Waals surface area contributed by atoms with Gasteiger partial charge in [0.25, 0.3) is 5.91 Å². The molecule has 5 heteroatoms. The van der Waals surface area contributed by atoms with Gasteiger partial charge in [-0.15, -0.1) is 0 Å². The largest absolute Gasteiger partial charge is 0.496 e. The average molecular weight is 370 g/mol. The van der Waals surface area contributed by atoms with Crippen LogP contribution < -0.4 is 10.1 Å². The van der Waals surface area contributed by atoms with Crippen molar-refractivity contribution < 1.29 is 13.9 Å². The molecule has 3 aromatic carbocycles. The summed E-state index contributed by atoms with van der Waals surface area (Å²) in [5.74, 6) is 0.832. The maximum absolute atomic E-state index is 12.5. The summed E-state index contributed by atoms with van der Waals surface area (Å²) < 4.78 is 10.8. The minimum absolute atomic E-state index is 0.229. The number of para-hydroxylation sites is 1. The van der Waals surface area contributed by atoms with Gasteiger partial charge in [0, 0.05) is 16.8 Å². The molecule has 0 saturated heterocycles. The van der Waals surface area contributed by atoms with Crippen molar-refractivity contribution in [3.63, 3.8) is 0 Å². The molecule has 1 amide bonds. The molecule has 0 atom stereocenters. The van der Waals surface area contributed by atoms with E-state index in [1.54, 1.807) is 31.6 Å². The third-order valence-corrected chi connectivity index (χ3v) is 4.32. The molecule has 138 valence electrons. The van der Waals surface area contributed by atoms with Crippen LogP contribution in [0, 0.1) is 0 Å². The molecule has 5 nitrogen and oxygen atoms in total. The van der Waals surface area contributed by atoms with Crippen LogP contribution in [0.1, 0.15) is 10.4 Å². The Morgan fingerprint density at radius 2 is 1.61 bits per heavy atom. The monoisotopic (exact) mass is 370 g/mol. The molecule has 1 aromatic heterocycles. The molecule has 0 unspecified atom stereocenters. The highest BCUT2D eigenvalue weighted by atomic mass is 16.5. The molecule has 0 aliphatic rings. The fourth-order valence-corrected chi connectivity index (χ4v) is 2.87. The van der Waals surface area contributed by atoms with Crippen LogP contribution in [-0.2, 0) is 0 Å². The first-order chi connectivity index (χ1) is 13.7. The van der Waals surface area contributed by atoms with Gasteiger partial charge in [0.2, 0.25) is 5.89 Å². The minimum Gasteiger partial charge on any atom is -0.496 e. The molecule has 0 aliphatic heterocycles. The van der Waals surface area contributed by atoms with E-state index in [2.05, 4.69) is 10.3 Å². The summed E-state index contributed by atoms with van der Waals surface area (Å²) in [6.45, 7) is 0. The molecule has 0 fully saturated rings. The van der Waals surface area contributed by atoms with Crippen molar-refractivity contribution in [2.45, 2.75) is 0 Å². The number of carbonyl (C=O) groups is 1. The van der Waals surface area contributed by atoms with Gasteiger partial charge in [0.1, 0.15) is 17.7 Å². The third kappa shape index (κ3) is 3.64. The molecule has 28 heavy (non-hydrogen) atoms. The topological polar surface area (TPSA) is 64.4 Å². The van der Waals surface area contributed by atoms with E-state index in [1.165, 1.54) is 0 Å². The predicted molar refractivity (Wildman–Crippen MR) is 108 cm³/mol. The van der Waals surface area contributed by atoms with E-state index in [1.807, 2.05) is 60.7 Å². The molecule has 0 spiro atoms. The highest BCUT2D eigenvalue weighted by Crippen LogP contribution is 2.26. The molecule has 1 heterocycles. The second-order valence-corrected chi connectivity index (χ2v) is 6.14. The second-order valence-electron chi connectivity index (χ2n) is 6.14. The van der Waals surface area contributed by atoms with Crippen LogP contribution >= 0.6 is 0 Å². The van der Waals surface area contributed by atoms with Gasteiger partial charge in [-0.1, -0.05) is 42.5 Å². The summed E-state index contributed by atoms with van der Waals surface area (Å²) in [5, 5.41) is 2.87. The number of nitrogens with zero attached hydrogens (tertiary/aromatic N) is 1. The number of oxazole rings is 1. The summed E-state index contributed by atoms with van der Waals surface area (Å²) in [6.07, 6.45) is 1.64. The van der Waals surface area contributed by atoms with Crippen LogP contribution in [0.4, 0.5) is 5.69 Å². The van der Waals surface area contributed by atoms with Gasteiger partial charge < -0.3 is 14.5 Å². The Morgan fingerprint density at radius 1 is 0.893 bits per heavy atom. The van der Waals surface area contributed by atoms with Gasteiger partial charge in [-0.05, 0) is 36.4 Å². The number of ether oxygens (including phenoxy) is 1. The zero-order valence-corrected chi connectivity index (χ0v) is 15.3. The number of benzene rings is 3. The Balaban J connectivity index is 1.50. The standard InChI is InChI=1S/C23H18N2O3/c1-27-21-10-6-5-9-19(21)22(26)24-18-13-11-17(12-14-18)23-25-20(15-28-23)16-7-3-2-4-8-16/h2-15H,1H3,(H,24,26). The summed E-state index contributed by atoms with van der Waals surface area (Å²) >= 11 is 0. The highest BCUT2D eigenvalue weighted by molar-refractivity contribution is 6.06. The summed E-state index contributed by atoms with van der Waals surface area (Å²) in [7, 11) is 1.54. The lowest BCUT2D eigenvalue weighted by atomic mass is 10.1. The van der Waals surface area contributed by atoms with Gasteiger partial charge in [-0.2, -0.15) is 0 Å². The Labute approximate surface area is 162 Å². The second kappa shape index (κ2) is 7.80. The van der Waals surface area contributed by atoms with Crippen molar-refractivity contribution >= 4 is 11.6 Å². The van der Waals surface area contributed by atoms with Crippen molar-refractivity contribution in [2.75, 3.05) is 12.4 Å². The van der Waals surface area contributed by atoms with Crippen molar-refractivity contribution in [1.29, 1.82) is 0 Å². The summed E-state index contributed by atoms with van der Waals surface area (Å²) in [5.41, 5.74) is 3.77. The van der Waals surface area contributed by atoms with Crippen LogP contribution in [0.5, 0.6) is 5.75 Å². The van der Waals surface area contributed by atoms with Crippen LogP contribution in [-0.4, -0.2) is 18.0 Å². The first-order valence-corrected chi connectivity index (χ1v) is 8.80. The Kier molecular flexibility index (Phi) is 4.89. The fraction of sp³-hybridized carbons (Fsp3) is 0.0435. The van der Waals surface area contributed by atoms with Crippen molar-refractivity contribution in [2.24, 2.45) is 0 Å². The fourth-order valence-electron chi connectivity index (χ4n) is 2.87. The van der Waals surface area contributed by atoms with E-state index in [9.17, 15) is 4.79 Å². The van der Waals surface area contributed by atoms with E-state index in [0.717, 1.165) is 16.8 Å². The molecule has 0 bridgehead atoms. The molecule has 0 radical (unpaired) electrons. The van der Waals surface area contributed by atoms with E-state index in [4.69, 9.17) is 9.15 Å². The molecule has 1 N–H and O–H groups in total. The molecule has 4 rings (SSSR count). The summed E-state index contributed by atoms with van der Waals surface area (Å²) in [4.78, 5) is 17.0. The maximum atomic E-state index is 12.5. The lowest BCUT2D eigenvalue weighted by Crippen LogP contribution is -2.12. The number of carbonyl (C=O) groups excluding carboxylic acids is 1. The molecular formula is C23H18N2O3. The van der Waals surface area contributed by atoms with Crippen molar-refractivity contribution in [3.8, 4) is 28.5 Å². The number of hydrogen-bond acceptors (Lipinski definition) is 4. The number of methoxy groups -OCH3 is 1. The normalized spacial score (nSPS) is 10.5. The number of anilines is 1. The lowest BCUT2D eigenvalue weighted by molar-refractivity contribution is 0.102. The van der Waals surface area contributed by atoms with E-state index >= 15 is 0 Å². The summed E-state index contributed by atoms with van der Waals surface area (Å²) in [6, 6.07) is 24.3. The van der Waals surface area contributed by atoms with Gasteiger partial charge in [-0.3, -0.25) is 4.79 Å². The number of rotatable bonds is 5. The highest BCUT2D eigenvalue weighted by Gasteiger charge is 2.12. The average Bonchev–Trinajstić information content (AvgIpc) is 3.25. The quantitative estimate of drug-likeness (QED) is 0.520. The molecule has 4 aromatic rings. The first kappa shape index (κ1) is 17.5. The number of nitrogens with one attached hydrogen (secondary N) is 1. The minimum atomic E-state index is -0.229. The molecular weight excluding hydrogens is 352 g/mol. The zero-order chi connectivity index (χ0) is 19.3. The van der Waals surface area contributed by atoms with Gasteiger partial charge in [0.15, 0.2) is 0 Å². The van der Waals surface area contributed by atoms with Crippen LogP contribution in [0.3, 0.4) is 0 Å². The van der Waals surface area contributed by atoms with E-state index < -0.39 is 0 Å². The van der Waals surface area contributed by atoms with E-state index in [-0.39, 0.29) is 5.91 Å². The number of hydrogen-bond donors (Lipinski definition) is 1. The Hall–Kier alpha value is -3.86. The van der Waals surface area contributed by atoms with Gasteiger partial charge >= 0.3 is 0 Å². The third-order valence-electron chi connectivity index (χ3n) is 4.32. The first-order valence-electron chi connectivity index (χ1n) is 8.80. The van der Waals surface area contributed by atoms with Crippen LogP contribution in [0.15, 0.2) is 89.5 Å². The van der Waals surface area contributed by atoms with Gasteiger partial charge in [0.05, 0.1) is 12.7 Å². The Bertz CT molecular complexity index is 1090. The number of aromatic nitrogens is 1. The molecule has 0 saturated carbocycles. The SMILES string of the molecule is COc1ccccc1C(=O)Nc1ccc(-c2nc(-c3ccccc3)co2)cc1. The maximum Gasteiger partial charge on any atom is 0.259 e. The zero-order valence-electron chi connectivity index (χ0n) is 15.3. The predicted octanol–water partition coefficient (Wildman–Crippen LogP) is 5.27. The van der Waals surface area contributed by atoms with E-state index in [0.29, 0.717) is 22.9 Å². The van der Waals surface area contributed by atoms with Crippen molar-refractivity contribution in [3.05, 3.63) is 90.7 Å². The van der Waals surface area contributed by atoms with Crippen molar-refractivity contribution in [1.82, 2.24) is 4.98 Å².